The third-order valence-electron chi connectivity index (χ3n) is 3.29. The fraction of sp³-hybridized carbons (Fsp3) is 0.889. The lowest BCUT2D eigenvalue weighted by molar-refractivity contribution is -0.119. The molecule has 0 rings (SSSR count). The molecule has 0 heterocycles. The van der Waals surface area contributed by atoms with Gasteiger partial charge in [-0.1, -0.05) is 27.7 Å². The molecule has 0 bridgehead atoms. The molecule has 2 atom stereocenters. The average molecular weight is 328 g/mol. The average Bonchev–Trinajstić information content (AvgIpc) is 2.29. The molecule has 23 heavy (non-hydrogen) atoms. The van der Waals surface area contributed by atoms with Crippen LogP contribution in [0.25, 0.3) is 0 Å². The molecule has 2 N–H and O–H groups in total. The number of alkyl carbamates (subject to hydrolysis) is 1. The normalized spacial score (nSPS) is 14.7. The number of hydrogen-bond acceptors (Lipinski definition) is 4. The SMILES string of the molecule is CC(=O)[C@H](CC(C)C)NC[C@H](CC(C)C)NC(=O)OC(C)(C)C. The number of rotatable bonds is 9. The number of carbonyl (C=O) groups is 2. The van der Waals surface area contributed by atoms with Crippen LogP contribution in [0, 0.1) is 11.8 Å². The highest BCUT2D eigenvalue weighted by Gasteiger charge is 2.22. The van der Waals surface area contributed by atoms with E-state index in [0.717, 1.165) is 12.8 Å². The standard InChI is InChI=1S/C18H36N2O3/c1-12(2)9-15(20-17(22)23-18(6,7)8)11-19-16(14(5)21)10-13(3)4/h12-13,15-16,19H,9-11H2,1-8H3,(H,20,22)/t15-,16-/m0/s1. The fourth-order valence-corrected chi connectivity index (χ4v) is 2.39. The summed E-state index contributed by atoms with van der Waals surface area (Å²) in [7, 11) is 0. The van der Waals surface area contributed by atoms with Crippen LogP contribution >= 0.6 is 0 Å². The third-order valence-corrected chi connectivity index (χ3v) is 3.29. The Morgan fingerprint density at radius 3 is 1.91 bits per heavy atom. The van der Waals surface area contributed by atoms with Crippen LogP contribution in [0.4, 0.5) is 4.79 Å². The molecule has 0 aliphatic heterocycles. The largest absolute Gasteiger partial charge is 0.444 e. The molecule has 136 valence electrons. The zero-order chi connectivity index (χ0) is 18.2. The number of carbonyl (C=O) groups excluding carboxylic acids is 2. The zero-order valence-electron chi connectivity index (χ0n) is 16.2. The van der Waals surface area contributed by atoms with Gasteiger partial charge >= 0.3 is 6.09 Å². The first-order chi connectivity index (χ1) is 10.4. The zero-order valence-corrected chi connectivity index (χ0v) is 16.2. The van der Waals surface area contributed by atoms with Crippen molar-refractivity contribution in [3.8, 4) is 0 Å². The Hall–Kier alpha value is -1.10. The van der Waals surface area contributed by atoms with Crippen molar-refractivity contribution in [2.75, 3.05) is 6.54 Å². The second-order valence-electron chi connectivity index (χ2n) is 8.17. The molecule has 0 radical (unpaired) electrons. The van der Waals surface area contributed by atoms with Gasteiger partial charge in [0.1, 0.15) is 11.4 Å². The van der Waals surface area contributed by atoms with Gasteiger partial charge in [0.2, 0.25) is 0 Å². The maximum absolute atomic E-state index is 12.0. The van der Waals surface area contributed by atoms with Gasteiger partial charge in [0.25, 0.3) is 0 Å². The summed E-state index contributed by atoms with van der Waals surface area (Å²) >= 11 is 0. The van der Waals surface area contributed by atoms with Crippen LogP contribution in [0.1, 0.15) is 68.2 Å². The molecule has 0 spiro atoms. The molecule has 5 nitrogen and oxygen atoms in total. The molecule has 0 aliphatic rings. The van der Waals surface area contributed by atoms with E-state index in [-0.39, 0.29) is 17.9 Å². The van der Waals surface area contributed by atoms with Crippen LogP contribution in [-0.2, 0) is 9.53 Å². The molecule has 5 heteroatoms. The predicted octanol–water partition coefficient (Wildman–Crippen LogP) is 3.52. The molecule has 0 aromatic heterocycles. The minimum absolute atomic E-state index is 0.0566. The summed E-state index contributed by atoms with van der Waals surface area (Å²) in [6.07, 6.45) is 1.22. The minimum atomic E-state index is -0.514. The van der Waals surface area contributed by atoms with E-state index in [9.17, 15) is 9.59 Å². The second kappa shape index (κ2) is 9.91. The first-order valence-corrected chi connectivity index (χ1v) is 8.64. The molecule has 0 aromatic rings. The highest BCUT2D eigenvalue weighted by atomic mass is 16.6. The van der Waals surface area contributed by atoms with Crippen molar-refractivity contribution < 1.29 is 14.3 Å². The van der Waals surface area contributed by atoms with Crippen molar-refractivity contribution >= 4 is 11.9 Å². The Kier molecular flexibility index (Phi) is 9.44. The van der Waals surface area contributed by atoms with Crippen molar-refractivity contribution in [1.29, 1.82) is 0 Å². The summed E-state index contributed by atoms with van der Waals surface area (Å²) in [6, 6.07) is -0.219. The van der Waals surface area contributed by atoms with Crippen LogP contribution in [0.5, 0.6) is 0 Å². The van der Waals surface area contributed by atoms with Gasteiger partial charge in [0, 0.05) is 12.6 Å². The predicted molar refractivity (Wildman–Crippen MR) is 94.5 cm³/mol. The van der Waals surface area contributed by atoms with E-state index in [1.807, 2.05) is 20.8 Å². The van der Waals surface area contributed by atoms with Crippen molar-refractivity contribution in [3.05, 3.63) is 0 Å². The molecule has 0 aliphatic carbocycles. The van der Waals surface area contributed by atoms with E-state index >= 15 is 0 Å². The van der Waals surface area contributed by atoms with Gasteiger partial charge in [-0.2, -0.15) is 0 Å². The Morgan fingerprint density at radius 1 is 1.00 bits per heavy atom. The molecule has 0 saturated carbocycles. The van der Waals surface area contributed by atoms with Gasteiger partial charge in [-0.3, -0.25) is 4.79 Å². The minimum Gasteiger partial charge on any atom is -0.444 e. The lowest BCUT2D eigenvalue weighted by Gasteiger charge is -2.26. The maximum atomic E-state index is 12.0. The lowest BCUT2D eigenvalue weighted by atomic mass is 9.99. The number of ether oxygens (including phenoxy) is 1. The van der Waals surface area contributed by atoms with Crippen molar-refractivity contribution in [1.82, 2.24) is 10.6 Å². The molecule has 0 fully saturated rings. The second-order valence-corrected chi connectivity index (χ2v) is 8.17. The smallest absolute Gasteiger partial charge is 0.407 e. The van der Waals surface area contributed by atoms with Crippen LogP contribution in [0.3, 0.4) is 0 Å². The number of nitrogens with one attached hydrogen (secondary N) is 2. The molecular weight excluding hydrogens is 292 g/mol. The summed E-state index contributed by atoms with van der Waals surface area (Å²) in [5, 5.41) is 6.22. The molecule has 0 saturated heterocycles. The fourth-order valence-electron chi connectivity index (χ4n) is 2.39. The number of Topliss-reactive ketones (excluding diaryl/α,β-unsaturated/α-hetero) is 1. The number of ketones is 1. The summed E-state index contributed by atoms with van der Waals surface area (Å²) in [5.41, 5.74) is -0.514. The first-order valence-electron chi connectivity index (χ1n) is 8.64. The van der Waals surface area contributed by atoms with Crippen LogP contribution in [0.2, 0.25) is 0 Å². The molecular formula is C18H36N2O3. The van der Waals surface area contributed by atoms with Crippen molar-refractivity contribution in [2.24, 2.45) is 11.8 Å². The Balaban J connectivity index is 4.65. The number of hydrogen-bond donors (Lipinski definition) is 2. The van der Waals surface area contributed by atoms with E-state index < -0.39 is 11.7 Å². The van der Waals surface area contributed by atoms with Crippen molar-refractivity contribution in [2.45, 2.75) is 85.9 Å². The topological polar surface area (TPSA) is 67.4 Å². The lowest BCUT2D eigenvalue weighted by Crippen LogP contribution is -2.48. The Bertz CT molecular complexity index is 373. The summed E-state index contributed by atoms with van der Waals surface area (Å²) in [6.45, 7) is 16.1. The highest BCUT2D eigenvalue weighted by molar-refractivity contribution is 5.81. The summed E-state index contributed by atoms with van der Waals surface area (Å²) in [5.74, 6) is 1.02. The van der Waals surface area contributed by atoms with E-state index in [2.05, 4.69) is 38.3 Å². The van der Waals surface area contributed by atoms with Crippen LogP contribution in [0.15, 0.2) is 0 Å². The molecule has 1 amide bonds. The van der Waals surface area contributed by atoms with Crippen LogP contribution in [-0.4, -0.2) is 36.1 Å². The van der Waals surface area contributed by atoms with Gasteiger partial charge in [0.15, 0.2) is 0 Å². The van der Waals surface area contributed by atoms with Crippen LogP contribution < -0.4 is 10.6 Å². The Labute approximate surface area is 141 Å². The van der Waals surface area contributed by atoms with Gasteiger partial charge < -0.3 is 15.4 Å². The van der Waals surface area contributed by atoms with E-state index in [4.69, 9.17) is 4.74 Å². The third kappa shape index (κ3) is 12.0. The maximum Gasteiger partial charge on any atom is 0.407 e. The van der Waals surface area contributed by atoms with Gasteiger partial charge in [-0.25, -0.2) is 4.79 Å². The molecule has 0 aromatic carbocycles. The van der Waals surface area contributed by atoms with E-state index in [0.29, 0.717) is 18.4 Å². The summed E-state index contributed by atoms with van der Waals surface area (Å²) in [4.78, 5) is 23.7. The quantitative estimate of drug-likeness (QED) is 0.679. The van der Waals surface area contributed by atoms with E-state index in [1.165, 1.54) is 0 Å². The monoisotopic (exact) mass is 328 g/mol. The first kappa shape index (κ1) is 21.9. The summed E-state index contributed by atoms with van der Waals surface area (Å²) < 4.78 is 5.32. The number of amides is 1. The van der Waals surface area contributed by atoms with Crippen molar-refractivity contribution in [3.63, 3.8) is 0 Å². The van der Waals surface area contributed by atoms with E-state index in [1.54, 1.807) is 6.92 Å². The molecule has 0 unspecified atom stereocenters. The van der Waals surface area contributed by atoms with Gasteiger partial charge in [-0.05, 0) is 52.4 Å². The van der Waals surface area contributed by atoms with Gasteiger partial charge in [0.05, 0.1) is 6.04 Å². The van der Waals surface area contributed by atoms with Gasteiger partial charge in [-0.15, -0.1) is 0 Å². The Morgan fingerprint density at radius 2 is 1.52 bits per heavy atom. The highest BCUT2D eigenvalue weighted by Crippen LogP contribution is 2.10.